The molecule has 0 aromatic carbocycles. The van der Waals surface area contributed by atoms with Gasteiger partial charge in [-0.2, -0.15) is 0 Å². The van der Waals surface area contributed by atoms with Crippen molar-refractivity contribution < 1.29 is 19.8 Å². The predicted molar refractivity (Wildman–Crippen MR) is 119 cm³/mol. The van der Waals surface area contributed by atoms with Gasteiger partial charge in [0.05, 0.1) is 0 Å². The van der Waals surface area contributed by atoms with E-state index < -0.39 is 11.9 Å². The van der Waals surface area contributed by atoms with E-state index in [9.17, 15) is 9.59 Å². The Morgan fingerprint density at radius 3 is 1.48 bits per heavy atom. The maximum Gasteiger partial charge on any atom is 0.303 e. The largest absolute Gasteiger partial charge is 0.481 e. The van der Waals surface area contributed by atoms with E-state index in [1.807, 2.05) is 4.90 Å². The molecule has 0 saturated heterocycles. The fraction of sp³-hybridized carbons (Fsp3) is 0.684. The molecule has 0 aliphatic carbocycles. The highest BCUT2D eigenvalue weighted by atomic mass is 16.4. The van der Waals surface area contributed by atoms with Crippen molar-refractivity contribution in [1.82, 2.24) is 14.9 Å². The van der Waals surface area contributed by atoms with Crippen molar-refractivity contribution in [2.24, 2.45) is 28.9 Å². The molecule has 0 fully saturated rings. The van der Waals surface area contributed by atoms with Crippen LogP contribution in [0.1, 0.15) is 44.9 Å². The van der Waals surface area contributed by atoms with Gasteiger partial charge in [0.15, 0.2) is 0 Å². The third kappa shape index (κ3) is 18.0. The molecular weight excluding hydrogens is 404 g/mol. The van der Waals surface area contributed by atoms with E-state index in [4.69, 9.17) is 39.1 Å². The van der Waals surface area contributed by atoms with Gasteiger partial charge >= 0.3 is 11.9 Å². The van der Waals surface area contributed by atoms with Gasteiger partial charge in [-0.05, 0) is 38.6 Å². The molecule has 0 rings (SSSR count). The Morgan fingerprint density at radius 2 is 1.13 bits per heavy atom. The summed E-state index contributed by atoms with van der Waals surface area (Å²) in [5, 5.41) is 20.2. The highest BCUT2D eigenvalue weighted by Crippen LogP contribution is 2.03. The second-order valence-corrected chi connectivity index (χ2v) is 7.44. The molecule has 0 atom stereocenters. The zero-order valence-corrected chi connectivity index (χ0v) is 18.3. The van der Waals surface area contributed by atoms with Crippen LogP contribution in [0.4, 0.5) is 0 Å². The molecule has 0 amide bonds. The first-order valence-corrected chi connectivity index (χ1v) is 10.4. The number of nitrogens with two attached hydrogens (primary N) is 5. The van der Waals surface area contributed by atoms with Crippen LogP contribution in [0, 0.1) is 0 Å². The average molecular weight is 445 g/mol. The van der Waals surface area contributed by atoms with Crippen molar-refractivity contribution in [3.05, 3.63) is 23.8 Å². The predicted octanol–water partition coefficient (Wildman–Crippen LogP) is -0.901. The Morgan fingerprint density at radius 1 is 0.710 bits per heavy atom. The van der Waals surface area contributed by atoms with E-state index in [-0.39, 0.29) is 12.8 Å². The highest BCUT2D eigenvalue weighted by molar-refractivity contribution is 5.66. The van der Waals surface area contributed by atoms with Crippen molar-refractivity contribution in [3.8, 4) is 0 Å². The molecule has 31 heavy (non-hydrogen) atoms. The number of carboxylic acids is 2. The molecule has 180 valence electrons. The van der Waals surface area contributed by atoms with E-state index in [0.29, 0.717) is 76.3 Å². The van der Waals surface area contributed by atoms with Gasteiger partial charge in [0, 0.05) is 69.4 Å². The molecule has 0 saturated carbocycles. The van der Waals surface area contributed by atoms with E-state index in [1.165, 1.54) is 10.0 Å². The van der Waals surface area contributed by atoms with Crippen LogP contribution in [0.3, 0.4) is 0 Å². The Balaban J connectivity index is 4.61. The van der Waals surface area contributed by atoms with Gasteiger partial charge in [0.25, 0.3) is 0 Å². The summed E-state index contributed by atoms with van der Waals surface area (Å²) in [6.45, 7) is 3.08. The summed E-state index contributed by atoms with van der Waals surface area (Å²) >= 11 is 0. The number of carbonyl (C=O) groups is 2. The van der Waals surface area contributed by atoms with Crippen LogP contribution < -0.4 is 28.9 Å². The van der Waals surface area contributed by atoms with Crippen LogP contribution >= 0.6 is 0 Å². The van der Waals surface area contributed by atoms with Crippen molar-refractivity contribution in [2.45, 2.75) is 44.9 Å². The number of hydrogen-bond acceptors (Lipinski definition) is 10. The first-order chi connectivity index (χ1) is 14.6. The van der Waals surface area contributed by atoms with E-state index >= 15 is 0 Å². The summed E-state index contributed by atoms with van der Waals surface area (Å²) in [7, 11) is 0. The Bertz CT molecular complexity index is 539. The van der Waals surface area contributed by atoms with Crippen LogP contribution in [-0.2, 0) is 9.59 Å². The molecule has 12 heteroatoms. The number of hydrogen-bond donors (Lipinski definition) is 7. The molecule has 12 nitrogen and oxygen atoms in total. The Hall–Kier alpha value is -2.54. The highest BCUT2D eigenvalue weighted by Gasteiger charge is 2.09. The molecule has 0 bridgehead atoms. The van der Waals surface area contributed by atoms with Gasteiger partial charge in [-0.3, -0.25) is 14.5 Å². The minimum absolute atomic E-state index is 0.114. The topological polar surface area (TPSA) is 214 Å². The SMILES string of the molecule is NCCCN(C/C(N)=C/N(N)CCCCC(=O)O)C/C(N)=C/N(N)CCCCC(=O)O. The summed E-state index contributed by atoms with van der Waals surface area (Å²) < 4.78 is 0. The fourth-order valence-electron chi connectivity index (χ4n) is 2.82. The number of aliphatic carboxylic acids is 2. The number of nitrogens with zero attached hydrogens (tertiary/aromatic N) is 3. The lowest BCUT2D eigenvalue weighted by Crippen LogP contribution is -2.36. The molecule has 0 aliphatic heterocycles. The van der Waals surface area contributed by atoms with E-state index in [1.54, 1.807) is 12.4 Å². The second-order valence-electron chi connectivity index (χ2n) is 7.44. The van der Waals surface area contributed by atoms with Gasteiger partial charge in [0.1, 0.15) is 0 Å². The van der Waals surface area contributed by atoms with Gasteiger partial charge in [0.2, 0.25) is 0 Å². The minimum atomic E-state index is -0.823. The van der Waals surface area contributed by atoms with Gasteiger partial charge in [-0.15, -0.1) is 0 Å². The molecule has 0 aromatic rings. The van der Waals surface area contributed by atoms with Gasteiger partial charge in [-0.25, -0.2) is 11.7 Å². The van der Waals surface area contributed by atoms with Crippen LogP contribution in [0.5, 0.6) is 0 Å². The van der Waals surface area contributed by atoms with Crippen molar-refractivity contribution in [1.29, 1.82) is 0 Å². The zero-order valence-electron chi connectivity index (χ0n) is 18.3. The molecule has 0 aromatic heterocycles. The third-order valence-electron chi connectivity index (χ3n) is 4.27. The summed E-state index contributed by atoms with van der Waals surface area (Å²) in [4.78, 5) is 23.1. The lowest BCUT2D eigenvalue weighted by molar-refractivity contribution is -0.138. The van der Waals surface area contributed by atoms with Crippen molar-refractivity contribution >= 4 is 11.9 Å². The number of rotatable bonds is 19. The lowest BCUT2D eigenvalue weighted by Gasteiger charge is -2.24. The lowest BCUT2D eigenvalue weighted by atomic mass is 10.2. The van der Waals surface area contributed by atoms with Crippen LogP contribution in [0.15, 0.2) is 23.8 Å². The maximum absolute atomic E-state index is 10.5. The monoisotopic (exact) mass is 444 g/mol. The molecule has 0 radical (unpaired) electrons. The van der Waals surface area contributed by atoms with Gasteiger partial charge in [-0.1, -0.05) is 0 Å². The third-order valence-corrected chi connectivity index (χ3v) is 4.27. The minimum Gasteiger partial charge on any atom is -0.481 e. The summed E-state index contributed by atoms with van der Waals surface area (Å²) in [6, 6.07) is 0. The van der Waals surface area contributed by atoms with E-state index in [0.717, 1.165) is 6.42 Å². The van der Waals surface area contributed by atoms with Gasteiger partial charge < -0.3 is 37.4 Å². The first-order valence-electron chi connectivity index (χ1n) is 10.4. The quantitative estimate of drug-likeness (QED) is 0.0732. The first kappa shape index (κ1) is 28.5. The standard InChI is InChI=1S/C19H40N8O4/c20-8-5-9-25(12-16(21)14-26(23)10-3-1-6-18(28)29)13-17(22)15-27(24)11-4-2-7-19(30)31/h14-15H,1-13,20-24H2,(H,28,29)(H,30,31)/b16-14-,17-15-. The number of unbranched alkanes of at least 4 members (excludes halogenated alkanes) is 2. The normalized spacial score (nSPS) is 12.3. The average Bonchev–Trinajstić information content (AvgIpc) is 2.66. The van der Waals surface area contributed by atoms with Crippen LogP contribution in [-0.4, -0.2) is 76.3 Å². The zero-order chi connectivity index (χ0) is 23.6. The molecule has 0 heterocycles. The van der Waals surface area contributed by atoms with Crippen LogP contribution in [0.25, 0.3) is 0 Å². The summed E-state index contributed by atoms with van der Waals surface area (Å²) in [6.07, 6.45) is 6.66. The van der Waals surface area contributed by atoms with Crippen molar-refractivity contribution in [3.63, 3.8) is 0 Å². The smallest absolute Gasteiger partial charge is 0.303 e. The van der Waals surface area contributed by atoms with Crippen molar-refractivity contribution in [2.75, 3.05) is 39.3 Å². The molecule has 0 spiro atoms. The second kappa shape index (κ2) is 17.2. The Labute approximate surface area is 184 Å². The van der Waals surface area contributed by atoms with Crippen LogP contribution in [0.2, 0.25) is 0 Å². The maximum atomic E-state index is 10.5. The Kier molecular flexibility index (Phi) is 15.8. The molecule has 0 unspecified atom stereocenters. The van der Waals surface area contributed by atoms with E-state index in [2.05, 4.69) is 0 Å². The number of carboxylic acid groups (broad SMARTS) is 2. The molecule has 12 N–H and O–H groups in total. The molecule has 0 aliphatic rings. The molecular formula is C19H40N8O4. The fourth-order valence-corrected chi connectivity index (χ4v) is 2.82. The number of hydrazine groups is 2. The summed E-state index contributed by atoms with van der Waals surface area (Å²) in [5.41, 5.74) is 18.9. The summed E-state index contributed by atoms with van der Waals surface area (Å²) in [5.74, 6) is 10.2.